The van der Waals surface area contributed by atoms with Gasteiger partial charge in [-0.3, -0.25) is 0 Å². The molecule has 0 unspecified atom stereocenters. The van der Waals surface area contributed by atoms with Crippen molar-refractivity contribution in [2.24, 2.45) is 11.6 Å². The Labute approximate surface area is 41.3 Å². The third kappa shape index (κ3) is 2.52. The van der Waals surface area contributed by atoms with Crippen LogP contribution in [-0.4, -0.2) is 14.3 Å². The third-order valence-electron chi connectivity index (χ3n) is 0.351. The van der Waals surface area contributed by atoms with Gasteiger partial charge in [-0.15, -0.1) is 0 Å². The van der Waals surface area contributed by atoms with Gasteiger partial charge < -0.3 is 5.73 Å². The van der Waals surface area contributed by atoms with E-state index in [1.807, 2.05) is 0 Å². The maximum atomic E-state index is 9.90. The van der Waals surface area contributed by atoms with Crippen molar-refractivity contribution < 1.29 is 12.7 Å². The number of hydrogen-bond donors (Lipinski definition) is 2. The van der Waals surface area contributed by atoms with Crippen molar-refractivity contribution in [2.45, 2.75) is 0 Å². The molecule has 0 spiro atoms. The van der Waals surface area contributed by atoms with Gasteiger partial charge in [-0.1, -0.05) is 0 Å². The maximum Gasteiger partial charge on any atom is 0.296 e. The predicted octanol–water partition coefficient (Wildman–Crippen LogP) is -1.88. The Bertz CT molecular complexity index is 116. The summed E-state index contributed by atoms with van der Waals surface area (Å²) in [5.41, 5.74) is 4.62. The molecular formula is CH6N2O3S. The van der Waals surface area contributed by atoms with Gasteiger partial charge in [-0.2, -0.15) is 18.6 Å². The molecule has 6 heteroatoms. The summed E-state index contributed by atoms with van der Waals surface area (Å²) in [4.78, 5) is 0. The number of hydrogen-bond acceptors (Lipinski definition) is 5. The zero-order chi connectivity index (χ0) is 5.91. The first kappa shape index (κ1) is 6.83. The van der Waals surface area contributed by atoms with Crippen LogP contribution in [0.1, 0.15) is 0 Å². The highest BCUT2D eigenvalue weighted by atomic mass is 32.2. The Kier molecular flexibility index (Phi) is 2.16. The Morgan fingerprint density at radius 3 is 2.00 bits per heavy atom. The van der Waals surface area contributed by atoms with Crippen molar-refractivity contribution in [1.29, 1.82) is 0 Å². The van der Waals surface area contributed by atoms with E-state index in [1.54, 1.807) is 0 Å². The molecule has 7 heavy (non-hydrogen) atoms. The van der Waals surface area contributed by atoms with Crippen LogP contribution < -0.4 is 11.6 Å². The van der Waals surface area contributed by atoms with Crippen LogP contribution in [0.25, 0.3) is 0 Å². The van der Waals surface area contributed by atoms with Crippen LogP contribution in [0.3, 0.4) is 0 Å². The molecule has 5 nitrogen and oxygen atoms in total. The zero-order valence-electron chi connectivity index (χ0n) is 3.49. The van der Waals surface area contributed by atoms with E-state index in [0.29, 0.717) is 0 Å². The summed E-state index contributed by atoms with van der Waals surface area (Å²) in [6.07, 6.45) is 0. The van der Waals surface area contributed by atoms with Crippen LogP contribution >= 0.6 is 0 Å². The highest BCUT2D eigenvalue weighted by Crippen LogP contribution is 1.77. The molecule has 0 aromatic heterocycles. The van der Waals surface area contributed by atoms with Gasteiger partial charge in [0, 0.05) is 0 Å². The molecule has 0 atom stereocenters. The molecule has 0 amide bonds. The van der Waals surface area contributed by atoms with Crippen LogP contribution in [0.4, 0.5) is 0 Å². The quantitative estimate of drug-likeness (QED) is 0.422. The molecule has 0 aromatic carbocycles. The lowest BCUT2D eigenvalue weighted by Gasteiger charge is -1.90. The lowest BCUT2D eigenvalue weighted by Crippen LogP contribution is -2.20. The molecule has 0 fully saturated rings. The minimum absolute atomic E-state index is 0.580. The SMILES string of the molecule is NCS(=O)(=O)ON. The zero-order valence-corrected chi connectivity index (χ0v) is 4.31. The van der Waals surface area contributed by atoms with Gasteiger partial charge in [-0.05, 0) is 0 Å². The normalized spacial score (nSPS) is 11.7. The Morgan fingerprint density at radius 2 is 2.00 bits per heavy atom. The first-order valence-electron chi connectivity index (χ1n) is 1.43. The van der Waals surface area contributed by atoms with Crippen molar-refractivity contribution in [3.8, 4) is 0 Å². The van der Waals surface area contributed by atoms with E-state index in [2.05, 4.69) is 15.9 Å². The smallest absolute Gasteiger partial charge is 0.296 e. The molecule has 44 valence electrons. The minimum atomic E-state index is -3.60. The van der Waals surface area contributed by atoms with E-state index < -0.39 is 16.0 Å². The van der Waals surface area contributed by atoms with Crippen molar-refractivity contribution in [1.82, 2.24) is 0 Å². The van der Waals surface area contributed by atoms with Crippen LogP contribution in [0.5, 0.6) is 0 Å². The van der Waals surface area contributed by atoms with E-state index in [1.165, 1.54) is 0 Å². The summed E-state index contributed by atoms with van der Waals surface area (Å²) in [5.74, 6) is 3.67. The molecule has 0 saturated heterocycles. The van der Waals surface area contributed by atoms with Gasteiger partial charge in [0.25, 0.3) is 10.1 Å². The lowest BCUT2D eigenvalue weighted by molar-refractivity contribution is 0.333. The van der Waals surface area contributed by atoms with Crippen molar-refractivity contribution in [2.75, 3.05) is 5.88 Å². The summed E-state index contributed by atoms with van der Waals surface area (Å²) in [7, 11) is -3.60. The van der Waals surface area contributed by atoms with Gasteiger partial charge in [0.1, 0.15) is 5.88 Å². The van der Waals surface area contributed by atoms with Gasteiger partial charge in [-0.25, -0.2) is 0 Å². The van der Waals surface area contributed by atoms with E-state index in [-0.39, 0.29) is 0 Å². The van der Waals surface area contributed by atoms with E-state index >= 15 is 0 Å². The van der Waals surface area contributed by atoms with E-state index in [0.717, 1.165) is 0 Å². The van der Waals surface area contributed by atoms with E-state index in [4.69, 9.17) is 0 Å². The number of rotatable bonds is 2. The van der Waals surface area contributed by atoms with Gasteiger partial charge in [0.15, 0.2) is 0 Å². The Morgan fingerprint density at radius 1 is 1.57 bits per heavy atom. The maximum absolute atomic E-state index is 9.90. The molecule has 0 bridgehead atoms. The van der Waals surface area contributed by atoms with Crippen molar-refractivity contribution in [3.63, 3.8) is 0 Å². The Balaban J connectivity index is 3.89. The summed E-state index contributed by atoms with van der Waals surface area (Å²) >= 11 is 0. The second kappa shape index (κ2) is 2.22. The van der Waals surface area contributed by atoms with Gasteiger partial charge in [0.2, 0.25) is 0 Å². The van der Waals surface area contributed by atoms with Crippen LogP contribution in [0.2, 0.25) is 0 Å². The second-order valence-corrected chi connectivity index (χ2v) is 2.46. The topological polar surface area (TPSA) is 95.4 Å². The first-order chi connectivity index (χ1) is 3.12. The predicted molar refractivity (Wildman–Crippen MR) is 23.2 cm³/mol. The molecule has 0 rings (SSSR count). The summed E-state index contributed by atoms with van der Waals surface area (Å²) in [6, 6.07) is 0. The van der Waals surface area contributed by atoms with Crippen molar-refractivity contribution in [3.05, 3.63) is 0 Å². The molecule has 0 radical (unpaired) electrons. The van der Waals surface area contributed by atoms with Crippen LogP contribution in [0.15, 0.2) is 0 Å². The minimum Gasteiger partial charge on any atom is -0.316 e. The van der Waals surface area contributed by atoms with Crippen LogP contribution in [-0.2, 0) is 14.4 Å². The molecule has 0 saturated carbocycles. The molecule has 0 aliphatic rings. The molecule has 4 N–H and O–H groups in total. The average Bonchev–Trinajstić information content (AvgIpc) is 1.68. The monoisotopic (exact) mass is 126 g/mol. The second-order valence-electron chi connectivity index (χ2n) is 0.821. The summed E-state index contributed by atoms with van der Waals surface area (Å²) in [6.45, 7) is 0. The average molecular weight is 126 g/mol. The molecule has 0 aliphatic heterocycles. The molecule has 0 heterocycles. The fourth-order valence-corrected chi connectivity index (χ4v) is 0.118. The largest absolute Gasteiger partial charge is 0.316 e. The molecule has 0 aromatic rings. The van der Waals surface area contributed by atoms with Crippen molar-refractivity contribution >= 4 is 10.1 Å². The molecular weight excluding hydrogens is 120 g/mol. The van der Waals surface area contributed by atoms with Crippen LogP contribution in [0, 0.1) is 0 Å². The van der Waals surface area contributed by atoms with Gasteiger partial charge >= 0.3 is 0 Å². The highest BCUT2D eigenvalue weighted by Gasteiger charge is 2.01. The lowest BCUT2D eigenvalue weighted by atomic mass is 11.6. The fraction of sp³-hybridized carbons (Fsp3) is 1.00. The van der Waals surface area contributed by atoms with E-state index in [9.17, 15) is 8.42 Å². The Hall–Kier alpha value is -0.170. The fourth-order valence-electron chi connectivity index (χ4n) is 0.0393. The summed E-state index contributed by atoms with van der Waals surface area (Å²) < 4.78 is 23.2. The van der Waals surface area contributed by atoms with Gasteiger partial charge in [0.05, 0.1) is 0 Å². The first-order valence-corrected chi connectivity index (χ1v) is 3.01. The highest BCUT2D eigenvalue weighted by molar-refractivity contribution is 7.86. The number of nitrogens with two attached hydrogens (primary N) is 2. The summed E-state index contributed by atoms with van der Waals surface area (Å²) in [5, 5.41) is 0. The molecule has 0 aliphatic carbocycles. The third-order valence-corrected chi connectivity index (χ3v) is 1.05. The standard InChI is InChI=1S/CH6N2O3S/c2-1-7(4,5)6-3/h1-3H2.